The van der Waals surface area contributed by atoms with Crippen molar-refractivity contribution in [1.29, 1.82) is 0 Å². The maximum atomic E-state index is 6.10. The number of nitrogens with two attached hydrogens (primary N) is 1. The molecule has 0 saturated heterocycles. The molecule has 3 heteroatoms. The predicted molar refractivity (Wildman–Crippen MR) is 100 cm³/mol. The van der Waals surface area contributed by atoms with Gasteiger partial charge in [0.2, 0.25) is 0 Å². The molecule has 0 heterocycles. The van der Waals surface area contributed by atoms with Gasteiger partial charge < -0.3 is 15.2 Å². The zero-order chi connectivity index (χ0) is 17.5. The van der Waals surface area contributed by atoms with E-state index in [-0.39, 0.29) is 5.92 Å². The standard InChI is InChI=1S/C21H29NO2/c1-5-23-19-9-8-17(21(13-19)24-6-2)12-18(14-22)20-10-7-15(3)11-16(20)4/h7-11,13,18H,5-6,12,14,22H2,1-4H3. The highest BCUT2D eigenvalue weighted by molar-refractivity contribution is 5.43. The van der Waals surface area contributed by atoms with Gasteiger partial charge in [-0.05, 0) is 63.4 Å². The summed E-state index contributed by atoms with van der Waals surface area (Å²) in [5, 5.41) is 0. The van der Waals surface area contributed by atoms with Crippen LogP contribution in [0, 0.1) is 13.8 Å². The molecule has 24 heavy (non-hydrogen) atoms. The van der Waals surface area contributed by atoms with Crippen LogP contribution in [0.25, 0.3) is 0 Å². The first-order valence-corrected chi connectivity index (χ1v) is 8.74. The molecule has 2 N–H and O–H groups in total. The Morgan fingerprint density at radius 3 is 2.33 bits per heavy atom. The van der Waals surface area contributed by atoms with Crippen LogP contribution in [0.2, 0.25) is 0 Å². The van der Waals surface area contributed by atoms with Gasteiger partial charge in [0.15, 0.2) is 0 Å². The first-order valence-electron chi connectivity index (χ1n) is 8.74. The number of hydrogen-bond acceptors (Lipinski definition) is 3. The van der Waals surface area contributed by atoms with Crippen molar-refractivity contribution in [3.05, 3.63) is 58.7 Å². The fraction of sp³-hybridized carbons (Fsp3) is 0.429. The third kappa shape index (κ3) is 4.51. The average molecular weight is 327 g/mol. The summed E-state index contributed by atoms with van der Waals surface area (Å²) in [6.07, 6.45) is 0.863. The fourth-order valence-corrected chi connectivity index (χ4v) is 3.12. The second-order valence-corrected chi connectivity index (χ2v) is 6.13. The fourth-order valence-electron chi connectivity index (χ4n) is 3.12. The van der Waals surface area contributed by atoms with Crippen LogP contribution in [-0.4, -0.2) is 19.8 Å². The second kappa shape index (κ2) is 8.74. The quantitative estimate of drug-likeness (QED) is 0.782. The van der Waals surface area contributed by atoms with E-state index in [0.717, 1.165) is 17.9 Å². The number of hydrogen-bond donors (Lipinski definition) is 1. The maximum Gasteiger partial charge on any atom is 0.126 e. The van der Waals surface area contributed by atoms with Crippen molar-refractivity contribution < 1.29 is 9.47 Å². The lowest BCUT2D eigenvalue weighted by molar-refractivity contribution is 0.320. The molecule has 0 aromatic heterocycles. The van der Waals surface area contributed by atoms with Gasteiger partial charge in [-0.15, -0.1) is 0 Å². The Labute approximate surface area is 145 Å². The van der Waals surface area contributed by atoms with Gasteiger partial charge in [-0.2, -0.15) is 0 Å². The summed E-state index contributed by atoms with van der Waals surface area (Å²) in [5.41, 5.74) is 11.2. The highest BCUT2D eigenvalue weighted by atomic mass is 16.5. The number of benzene rings is 2. The molecule has 0 spiro atoms. The molecule has 0 aliphatic heterocycles. The SMILES string of the molecule is CCOc1ccc(CC(CN)c2ccc(C)cc2C)c(OCC)c1. The maximum absolute atomic E-state index is 6.10. The molecule has 0 bridgehead atoms. The van der Waals surface area contributed by atoms with E-state index in [2.05, 4.69) is 38.1 Å². The van der Waals surface area contributed by atoms with Crippen LogP contribution in [0.1, 0.15) is 42.0 Å². The summed E-state index contributed by atoms with van der Waals surface area (Å²) in [5.74, 6) is 2.02. The highest BCUT2D eigenvalue weighted by Gasteiger charge is 2.16. The zero-order valence-electron chi connectivity index (χ0n) is 15.3. The lowest BCUT2D eigenvalue weighted by Gasteiger charge is -2.20. The van der Waals surface area contributed by atoms with Crippen LogP contribution in [0.4, 0.5) is 0 Å². The molecule has 3 nitrogen and oxygen atoms in total. The monoisotopic (exact) mass is 327 g/mol. The normalized spacial score (nSPS) is 12.0. The van der Waals surface area contributed by atoms with Gasteiger partial charge in [-0.25, -0.2) is 0 Å². The minimum Gasteiger partial charge on any atom is -0.494 e. The lowest BCUT2D eigenvalue weighted by atomic mass is 9.88. The van der Waals surface area contributed by atoms with Crippen molar-refractivity contribution in [2.45, 2.75) is 40.0 Å². The molecule has 1 unspecified atom stereocenters. The molecule has 130 valence electrons. The van der Waals surface area contributed by atoms with Crippen molar-refractivity contribution in [2.24, 2.45) is 5.73 Å². The van der Waals surface area contributed by atoms with Crippen molar-refractivity contribution in [2.75, 3.05) is 19.8 Å². The Morgan fingerprint density at radius 2 is 1.71 bits per heavy atom. The first-order chi connectivity index (χ1) is 11.6. The van der Waals surface area contributed by atoms with Gasteiger partial charge in [-0.3, -0.25) is 0 Å². The Hall–Kier alpha value is -2.00. The smallest absolute Gasteiger partial charge is 0.126 e. The van der Waals surface area contributed by atoms with Crippen LogP contribution < -0.4 is 15.2 Å². The third-order valence-electron chi connectivity index (χ3n) is 4.27. The van der Waals surface area contributed by atoms with E-state index < -0.39 is 0 Å². The van der Waals surface area contributed by atoms with Crippen LogP contribution in [-0.2, 0) is 6.42 Å². The molecule has 0 fully saturated rings. The number of aryl methyl sites for hydroxylation is 2. The molecule has 0 saturated carbocycles. The third-order valence-corrected chi connectivity index (χ3v) is 4.27. The van der Waals surface area contributed by atoms with Gasteiger partial charge in [0.1, 0.15) is 11.5 Å². The minimum absolute atomic E-state index is 0.280. The van der Waals surface area contributed by atoms with E-state index in [9.17, 15) is 0 Å². The molecular weight excluding hydrogens is 298 g/mol. The Balaban J connectivity index is 2.29. The average Bonchev–Trinajstić information content (AvgIpc) is 2.55. The van der Waals surface area contributed by atoms with Gasteiger partial charge >= 0.3 is 0 Å². The van der Waals surface area contributed by atoms with E-state index >= 15 is 0 Å². The summed E-state index contributed by atoms with van der Waals surface area (Å²) in [7, 11) is 0. The van der Waals surface area contributed by atoms with Crippen molar-refractivity contribution >= 4 is 0 Å². The minimum atomic E-state index is 0.280. The van der Waals surface area contributed by atoms with E-state index in [1.54, 1.807) is 0 Å². The Bertz CT molecular complexity index is 667. The summed E-state index contributed by atoms with van der Waals surface area (Å²) in [6, 6.07) is 12.7. The van der Waals surface area contributed by atoms with Crippen LogP contribution in [0.15, 0.2) is 36.4 Å². The summed E-state index contributed by atoms with van der Waals surface area (Å²) in [6.45, 7) is 10.2. The Morgan fingerprint density at radius 1 is 0.958 bits per heavy atom. The first kappa shape index (κ1) is 18.3. The van der Waals surface area contributed by atoms with Crippen molar-refractivity contribution in [3.8, 4) is 11.5 Å². The van der Waals surface area contributed by atoms with E-state index in [1.807, 2.05) is 26.0 Å². The van der Waals surface area contributed by atoms with Gasteiger partial charge in [0.05, 0.1) is 13.2 Å². The zero-order valence-corrected chi connectivity index (χ0v) is 15.3. The largest absolute Gasteiger partial charge is 0.494 e. The highest BCUT2D eigenvalue weighted by Crippen LogP contribution is 2.31. The van der Waals surface area contributed by atoms with Crippen LogP contribution >= 0.6 is 0 Å². The van der Waals surface area contributed by atoms with E-state index in [0.29, 0.717) is 19.8 Å². The van der Waals surface area contributed by atoms with E-state index in [1.165, 1.54) is 22.3 Å². The molecule has 2 aromatic rings. The second-order valence-electron chi connectivity index (χ2n) is 6.13. The molecular formula is C21H29NO2. The van der Waals surface area contributed by atoms with Crippen molar-refractivity contribution in [1.82, 2.24) is 0 Å². The summed E-state index contributed by atoms with van der Waals surface area (Å²) >= 11 is 0. The summed E-state index contributed by atoms with van der Waals surface area (Å²) in [4.78, 5) is 0. The topological polar surface area (TPSA) is 44.5 Å². The molecule has 0 aliphatic carbocycles. The molecule has 2 aromatic carbocycles. The number of ether oxygens (including phenoxy) is 2. The molecule has 0 radical (unpaired) electrons. The lowest BCUT2D eigenvalue weighted by Crippen LogP contribution is -2.16. The summed E-state index contributed by atoms with van der Waals surface area (Å²) < 4.78 is 11.4. The van der Waals surface area contributed by atoms with Crippen LogP contribution in [0.5, 0.6) is 11.5 Å². The molecule has 0 aliphatic rings. The number of rotatable bonds is 8. The van der Waals surface area contributed by atoms with Crippen LogP contribution in [0.3, 0.4) is 0 Å². The van der Waals surface area contributed by atoms with Gasteiger partial charge in [-0.1, -0.05) is 29.8 Å². The van der Waals surface area contributed by atoms with Gasteiger partial charge in [0, 0.05) is 12.0 Å². The van der Waals surface area contributed by atoms with Crippen molar-refractivity contribution in [3.63, 3.8) is 0 Å². The molecule has 0 amide bonds. The predicted octanol–water partition coefficient (Wildman–Crippen LogP) is 4.39. The Kier molecular flexibility index (Phi) is 6.68. The van der Waals surface area contributed by atoms with E-state index in [4.69, 9.17) is 15.2 Å². The molecule has 1 atom stereocenters. The van der Waals surface area contributed by atoms with Gasteiger partial charge in [0.25, 0.3) is 0 Å². The molecule has 2 rings (SSSR count).